The number of hydrogen-bond acceptors (Lipinski definition) is 1. The predicted molar refractivity (Wildman–Crippen MR) is 93.6 cm³/mol. The van der Waals surface area contributed by atoms with Gasteiger partial charge in [-0.25, -0.2) is 0 Å². The quantitative estimate of drug-likeness (QED) is 0.596. The third kappa shape index (κ3) is 8.39. The summed E-state index contributed by atoms with van der Waals surface area (Å²) in [6, 6.07) is 11.3. The molecule has 0 fully saturated rings. The van der Waals surface area contributed by atoms with E-state index in [1.165, 1.54) is 43.2 Å². The first-order chi connectivity index (χ1) is 9.26. The van der Waals surface area contributed by atoms with Crippen LogP contribution in [-0.2, 0) is 0 Å². The van der Waals surface area contributed by atoms with Gasteiger partial charge in [0.05, 0.1) is 0 Å². The van der Waals surface area contributed by atoms with Crippen LogP contribution in [0.3, 0.4) is 0 Å². The SMILES string of the molecule is CCCCC/C(=C\c1ccccc1)CNC(C)CC.Cl. The summed E-state index contributed by atoms with van der Waals surface area (Å²) in [5.74, 6) is 0. The van der Waals surface area contributed by atoms with E-state index in [9.17, 15) is 0 Å². The van der Waals surface area contributed by atoms with Gasteiger partial charge < -0.3 is 5.32 Å². The van der Waals surface area contributed by atoms with Crippen molar-refractivity contribution >= 4 is 18.5 Å². The fourth-order valence-electron chi connectivity index (χ4n) is 2.05. The third-order valence-electron chi connectivity index (χ3n) is 3.56. The number of hydrogen-bond donors (Lipinski definition) is 1. The summed E-state index contributed by atoms with van der Waals surface area (Å²) < 4.78 is 0. The van der Waals surface area contributed by atoms with Crippen LogP contribution in [0.4, 0.5) is 0 Å². The largest absolute Gasteiger partial charge is 0.311 e. The van der Waals surface area contributed by atoms with Gasteiger partial charge in [0.2, 0.25) is 0 Å². The fraction of sp³-hybridized carbons (Fsp3) is 0.556. The second-order valence-corrected chi connectivity index (χ2v) is 5.36. The topological polar surface area (TPSA) is 12.0 Å². The molecule has 0 saturated heterocycles. The van der Waals surface area contributed by atoms with Gasteiger partial charge in [-0.05, 0) is 31.7 Å². The fourth-order valence-corrected chi connectivity index (χ4v) is 2.05. The molecule has 0 amide bonds. The van der Waals surface area contributed by atoms with Gasteiger partial charge in [-0.15, -0.1) is 12.4 Å². The number of unbranched alkanes of at least 4 members (excludes halogenated alkanes) is 2. The number of rotatable bonds is 9. The van der Waals surface area contributed by atoms with Crippen molar-refractivity contribution < 1.29 is 0 Å². The van der Waals surface area contributed by atoms with E-state index in [1.807, 2.05) is 0 Å². The van der Waals surface area contributed by atoms with E-state index in [-0.39, 0.29) is 12.4 Å². The van der Waals surface area contributed by atoms with Crippen molar-refractivity contribution in [1.82, 2.24) is 5.32 Å². The molecule has 0 heterocycles. The molecule has 0 spiro atoms. The second-order valence-electron chi connectivity index (χ2n) is 5.36. The average molecular weight is 296 g/mol. The Morgan fingerprint density at radius 3 is 2.45 bits per heavy atom. The first kappa shape index (κ1) is 19.2. The van der Waals surface area contributed by atoms with Gasteiger partial charge in [-0.3, -0.25) is 0 Å². The summed E-state index contributed by atoms with van der Waals surface area (Å²) in [5, 5.41) is 3.61. The molecule has 0 saturated carbocycles. The van der Waals surface area contributed by atoms with Crippen LogP contribution in [0.1, 0.15) is 58.4 Å². The van der Waals surface area contributed by atoms with Gasteiger partial charge in [-0.1, -0.05) is 68.7 Å². The van der Waals surface area contributed by atoms with E-state index >= 15 is 0 Å². The summed E-state index contributed by atoms with van der Waals surface area (Å²) in [6.07, 6.45) is 8.68. The van der Waals surface area contributed by atoms with Crippen LogP contribution in [0.5, 0.6) is 0 Å². The van der Waals surface area contributed by atoms with Crippen molar-refractivity contribution in [3.8, 4) is 0 Å². The van der Waals surface area contributed by atoms with Crippen LogP contribution < -0.4 is 5.32 Å². The number of nitrogens with one attached hydrogen (secondary N) is 1. The molecular weight excluding hydrogens is 266 g/mol. The van der Waals surface area contributed by atoms with E-state index in [2.05, 4.69) is 62.5 Å². The maximum absolute atomic E-state index is 3.61. The maximum atomic E-state index is 3.61. The highest BCUT2D eigenvalue weighted by molar-refractivity contribution is 5.85. The van der Waals surface area contributed by atoms with Crippen molar-refractivity contribution in [2.75, 3.05) is 6.54 Å². The van der Waals surface area contributed by atoms with Crippen molar-refractivity contribution in [3.05, 3.63) is 41.5 Å². The van der Waals surface area contributed by atoms with Crippen LogP contribution >= 0.6 is 12.4 Å². The van der Waals surface area contributed by atoms with Crippen LogP contribution in [-0.4, -0.2) is 12.6 Å². The highest BCUT2D eigenvalue weighted by Gasteiger charge is 2.02. The summed E-state index contributed by atoms with van der Waals surface area (Å²) in [5.41, 5.74) is 2.85. The Morgan fingerprint density at radius 2 is 1.85 bits per heavy atom. The van der Waals surface area contributed by atoms with E-state index < -0.39 is 0 Å². The Bertz CT molecular complexity index is 359. The normalized spacial score (nSPS) is 12.8. The van der Waals surface area contributed by atoms with Gasteiger partial charge >= 0.3 is 0 Å². The van der Waals surface area contributed by atoms with E-state index in [0.29, 0.717) is 6.04 Å². The lowest BCUT2D eigenvalue weighted by atomic mass is 10.0. The molecule has 0 radical (unpaired) electrons. The van der Waals surface area contributed by atoms with Gasteiger partial charge in [0.25, 0.3) is 0 Å². The number of halogens is 1. The van der Waals surface area contributed by atoms with Gasteiger partial charge in [-0.2, -0.15) is 0 Å². The molecule has 0 aromatic heterocycles. The average Bonchev–Trinajstić information content (AvgIpc) is 2.45. The molecule has 1 rings (SSSR count). The zero-order valence-corrected chi connectivity index (χ0v) is 14.0. The van der Waals surface area contributed by atoms with Crippen molar-refractivity contribution in [2.45, 2.75) is 58.9 Å². The molecule has 1 aromatic carbocycles. The Kier molecular flexibility index (Phi) is 11.5. The highest BCUT2D eigenvalue weighted by atomic mass is 35.5. The maximum Gasteiger partial charge on any atom is 0.0170 e. The summed E-state index contributed by atoms with van der Waals surface area (Å²) >= 11 is 0. The van der Waals surface area contributed by atoms with Crippen molar-refractivity contribution in [2.24, 2.45) is 0 Å². The molecule has 1 N–H and O–H groups in total. The molecular formula is C18H30ClN. The first-order valence-corrected chi connectivity index (χ1v) is 7.74. The van der Waals surface area contributed by atoms with Crippen LogP contribution in [0.15, 0.2) is 35.9 Å². The predicted octanol–water partition coefficient (Wildman–Crippen LogP) is 5.46. The third-order valence-corrected chi connectivity index (χ3v) is 3.56. The standard InChI is InChI=1S/C18H29N.ClH/c1-4-6-8-13-18(15-19-16(3)5-2)14-17-11-9-7-10-12-17;/h7,9-12,14,16,19H,4-6,8,13,15H2,1-3H3;1H/b18-14+;. The molecule has 2 heteroatoms. The zero-order valence-electron chi connectivity index (χ0n) is 13.2. The lowest BCUT2D eigenvalue weighted by Crippen LogP contribution is -2.27. The zero-order chi connectivity index (χ0) is 13.9. The minimum Gasteiger partial charge on any atom is -0.311 e. The highest BCUT2D eigenvalue weighted by Crippen LogP contribution is 2.13. The van der Waals surface area contributed by atoms with E-state index in [1.54, 1.807) is 0 Å². The summed E-state index contributed by atoms with van der Waals surface area (Å²) in [4.78, 5) is 0. The molecule has 1 aromatic rings. The second kappa shape index (κ2) is 12.0. The molecule has 0 bridgehead atoms. The molecule has 20 heavy (non-hydrogen) atoms. The molecule has 114 valence electrons. The van der Waals surface area contributed by atoms with Gasteiger partial charge in [0.15, 0.2) is 0 Å². The molecule has 0 aliphatic rings. The number of benzene rings is 1. The Morgan fingerprint density at radius 1 is 1.15 bits per heavy atom. The van der Waals surface area contributed by atoms with Crippen LogP contribution in [0.2, 0.25) is 0 Å². The molecule has 0 aliphatic heterocycles. The van der Waals surface area contributed by atoms with Gasteiger partial charge in [0.1, 0.15) is 0 Å². The Balaban J connectivity index is 0.00000361. The van der Waals surface area contributed by atoms with Gasteiger partial charge in [0, 0.05) is 12.6 Å². The monoisotopic (exact) mass is 295 g/mol. The smallest absolute Gasteiger partial charge is 0.0170 e. The summed E-state index contributed by atoms with van der Waals surface area (Å²) in [7, 11) is 0. The Labute approximate surface area is 131 Å². The minimum absolute atomic E-state index is 0. The lowest BCUT2D eigenvalue weighted by molar-refractivity contribution is 0.551. The minimum atomic E-state index is 0. The van der Waals surface area contributed by atoms with Crippen molar-refractivity contribution in [3.63, 3.8) is 0 Å². The molecule has 1 atom stereocenters. The van der Waals surface area contributed by atoms with E-state index in [0.717, 1.165) is 6.54 Å². The summed E-state index contributed by atoms with van der Waals surface area (Å²) in [6.45, 7) is 7.77. The first-order valence-electron chi connectivity index (χ1n) is 7.74. The lowest BCUT2D eigenvalue weighted by Gasteiger charge is -2.14. The molecule has 1 nitrogen and oxygen atoms in total. The van der Waals surface area contributed by atoms with Crippen LogP contribution in [0.25, 0.3) is 6.08 Å². The van der Waals surface area contributed by atoms with Crippen LogP contribution in [0, 0.1) is 0 Å². The van der Waals surface area contributed by atoms with Crippen molar-refractivity contribution in [1.29, 1.82) is 0 Å². The molecule has 0 aliphatic carbocycles. The van der Waals surface area contributed by atoms with E-state index in [4.69, 9.17) is 0 Å². The Hall–Kier alpha value is -0.790. The molecule has 1 unspecified atom stereocenters.